The molecule has 2 aromatic rings. The normalized spacial score (nSPS) is 18.1. The minimum atomic E-state index is -0.0782. The van der Waals surface area contributed by atoms with Crippen molar-refractivity contribution >= 4 is 17.4 Å². The fourth-order valence-electron chi connectivity index (χ4n) is 3.77. The molecule has 0 radical (unpaired) electrons. The highest BCUT2D eigenvalue weighted by molar-refractivity contribution is 5.91. The summed E-state index contributed by atoms with van der Waals surface area (Å²) in [5.74, 6) is 0.457. The van der Waals surface area contributed by atoms with Crippen molar-refractivity contribution in [3.05, 3.63) is 66.1 Å². The van der Waals surface area contributed by atoms with Crippen LogP contribution in [0, 0.1) is 0 Å². The first kappa shape index (κ1) is 18.5. The molecule has 0 atom stereocenters. The molecule has 1 fully saturated rings. The molecule has 0 spiro atoms. The van der Waals surface area contributed by atoms with Gasteiger partial charge in [0.05, 0.1) is 12.8 Å². The smallest absolute Gasteiger partial charge is 0.289 e. The molecule has 0 bridgehead atoms. The van der Waals surface area contributed by atoms with E-state index in [1.54, 1.807) is 17.0 Å². The number of hydrogen-bond donors (Lipinski definition) is 0. The molecule has 146 valence electrons. The van der Waals surface area contributed by atoms with Crippen molar-refractivity contribution in [1.82, 2.24) is 14.7 Å². The highest BCUT2D eigenvalue weighted by Crippen LogP contribution is 2.22. The Hall–Kier alpha value is -2.86. The van der Waals surface area contributed by atoms with Crippen LogP contribution in [0.1, 0.15) is 22.5 Å². The lowest BCUT2D eigenvalue weighted by Gasteiger charge is -2.35. The predicted molar refractivity (Wildman–Crippen MR) is 107 cm³/mol. The van der Waals surface area contributed by atoms with Gasteiger partial charge in [-0.2, -0.15) is 0 Å². The molecule has 0 saturated carbocycles. The van der Waals surface area contributed by atoms with E-state index in [0.29, 0.717) is 45.0 Å². The lowest BCUT2D eigenvalue weighted by Crippen LogP contribution is -2.51. The van der Waals surface area contributed by atoms with Gasteiger partial charge < -0.3 is 14.2 Å². The standard InChI is InChI=1S/C22H25N3O3/c26-21(24-10-8-19(9-11-24)18-5-2-1-3-6-18)17-23-12-14-25(15-13-23)22(27)20-7-4-16-28-20/h1-8,16H,9-15,17H2. The third kappa shape index (κ3) is 4.17. The second-order valence-corrected chi connectivity index (χ2v) is 7.23. The van der Waals surface area contributed by atoms with Crippen molar-refractivity contribution in [2.45, 2.75) is 6.42 Å². The van der Waals surface area contributed by atoms with Crippen molar-refractivity contribution in [2.24, 2.45) is 0 Å². The summed E-state index contributed by atoms with van der Waals surface area (Å²) in [5, 5.41) is 0. The summed E-state index contributed by atoms with van der Waals surface area (Å²) in [4.78, 5) is 30.8. The van der Waals surface area contributed by atoms with Crippen LogP contribution in [0.4, 0.5) is 0 Å². The third-order valence-corrected chi connectivity index (χ3v) is 5.46. The number of amides is 2. The Kier molecular flexibility index (Phi) is 5.58. The fraction of sp³-hybridized carbons (Fsp3) is 0.364. The van der Waals surface area contributed by atoms with Crippen LogP contribution >= 0.6 is 0 Å². The van der Waals surface area contributed by atoms with Gasteiger partial charge in [-0.15, -0.1) is 0 Å². The minimum Gasteiger partial charge on any atom is -0.459 e. The molecule has 0 aliphatic carbocycles. The fourth-order valence-corrected chi connectivity index (χ4v) is 3.77. The Balaban J connectivity index is 1.25. The number of hydrogen-bond acceptors (Lipinski definition) is 4. The predicted octanol–water partition coefficient (Wildman–Crippen LogP) is 2.35. The topological polar surface area (TPSA) is 57.0 Å². The maximum Gasteiger partial charge on any atom is 0.289 e. The van der Waals surface area contributed by atoms with Crippen LogP contribution < -0.4 is 0 Å². The number of furan rings is 1. The van der Waals surface area contributed by atoms with E-state index in [2.05, 4.69) is 23.1 Å². The molecular formula is C22H25N3O3. The van der Waals surface area contributed by atoms with Crippen molar-refractivity contribution in [1.29, 1.82) is 0 Å². The molecule has 1 saturated heterocycles. The van der Waals surface area contributed by atoms with Crippen LogP contribution in [0.2, 0.25) is 0 Å². The van der Waals surface area contributed by atoms with Gasteiger partial charge in [-0.1, -0.05) is 36.4 Å². The molecule has 1 aromatic heterocycles. The maximum atomic E-state index is 12.7. The molecule has 6 heteroatoms. The molecule has 28 heavy (non-hydrogen) atoms. The van der Waals surface area contributed by atoms with Crippen LogP contribution in [0.5, 0.6) is 0 Å². The van der Waals surface area contributed by atoms with E-state index in [0.717, 1.165) is 13.0 Å². The van der Waals surface area contributed by atoms with Crippen LogP contribution in [-0.4, -0.2) is 72.3 Å². The number of rotatable bonds is 4. The van der Waals surface area contributed by atoms with E-state index in [-0.39, 0.29) is 11.8 Å². The number of nitrogens with zero attached hydrogens (tertiary/aromatic N) is 3. The highest BCUT2D eigenvalue weighted by Gasteiger charge is 2.26. The van der Waals surface area contributed by atoms with Gasteiger partial charge >= 0.3 is 0 Å². The molecule has 0 N–H and O–H groups in total. The molecule has 6 nitrogen and oxygen atoms in total. The Morgan fingerprint density at radius 3 is 2.32 bits per heavy atom. The number of carbonyl (C=O) groups is 2. The van der Waals surface area contributed by atoms with Gasteiger partial charge in [0.25, 0.3) is 5.91 Å². The average Bonchev–Trinajstić information content (AvgIpc) is 3.29. The van der Waals surface area contributed by atoms with Crippen LogP contribution in [0.3, 0.4) is 0 Å². The summed E-state index contributed by atoms with van der Waals surface area (Å²) < 4.78 is 5.19. The molecule has 4 rings (SSSR count). The molecule has 2 aliphatic heterocycles. The largest absolute Gasteiger partial charge is 0.459 e. The Labute approximate surface area is 165 Å². The van der Waals surface area contributed by atoms with Gasteiger partial charge in [0.15, 0.2) is 5.76 Å². The molecule has 3 heterocycles. The zero-order chi connectivity index (χ0) is 19.3. The third-order valence-electron chi connectivity index (χ3n) is 5.46. The van der Waals surface area contributed by atoms with E-state index in [4.69, 9.17) is 4.42 Å². The second-order valence-electron chi connectivity index (χ2n) is 7.23. The summed E-state index contributed by atoms with van der Waals surface area (Å²) in [5.41, 5.74) is 2.56. The van der Waals surface area contributed by atoms with E-state index in [1.807, 2.05) is 23.1 Å². The Morgan fingerprint density at radius 1 is 0.893 bits per heavy atom. The van der Waals surface area contributed by atoms with E-state index in [9.17, 15) is 9.59 Å². The highest BCUT2D eigenvalue weighted by atomic mass is 16.3. The van der Waals surface area contributed by atoms with Gasteiger partial charge in [0.1, 0.15) is 0 Å². The molecule has 2 amide bonds. The molecule has 0 unspecified atom stereocenters. The SMILES string of the molecule is O=C(CN1CCN(C(=O)c2ccco2)CC1)N1CC=C(c2ccccc2)CC1. The van der Waals surface area contributed by atoms with Gasteiger partial charge in [0.2, 0.25) is 5.91 Å². The van der Waals surface area contributed by atoms with E-state index >= 15 is 0 Å². The van der Waals surface area contributed by atoms with Gasteiger partial charge in [0, 0.05) is 39.3 Å². The number of carbonyl (C=O) groups excluding carboxylic acids is 2. The van der Waals surface area contributed by atoms with Gasteiger partial charge in [-0.25, -0.2) is 0 Å². The summed E-state index contributed by atoms with van der Waals surface area (Å²) in [6.07, 6.45) is 4.57. The molecular weight excluding hydrogens is 354 g/mol. The lowest BCUT2D eigenvalue weighted by molar-refractivity contribution is -0.132. The first-order chi connectivity index (χ1) is 13.7. The van der Waals surface area contributed by atoms with Crippen molar-refractivity contribution in [2.75, 3.05) is 45.8 Å². The number of piperazine rings is 1. The average molecular weight is 379 g/mol. The van der Waals surface area contributed by atoms with Crippen molar-refractivity contribution in [3.63, 3.8) is 0 Å². The minimum absolute atomic E-state index is 0.0782. The number of benzene rings is 1. The lowest BCUT2D eigenvalue weighted by atomic mass is 9.99. The monoisotopic (exact) mass is 379 g/mol. The van der Waals surface area contributed by atoms with Crippen molar-refractivity contribution in [3.8, 4) is 0 Å². The Bertz CT molecular complexity index is 837. The summed E-state index contributed by atoms with van der Waals surface area (Å²) >= 11 is 0. The first-order valence-corrected chi connectivity index (χ1v) is 9.78. The first-order valence-electron chi connectivity index (χ1n) is 9.78. The van der Waals surface area contributed by atoms with Crippen LogP contribution in [-0.2, 0) is 4.79 Å². The molecule has 1 aromatic carbocycles. The summed E-state index contributed by atoms with van der Waals surface area (Å²) in [6.45, 7) is 4.48. The Morgan fingerprint density at radius 2 is 1.68 bits per heavy atom. The van der Waals surface area contributed by atoms with Crippen LogP contribution in [0.15, 0.2) is 59.2 Å². The van der Waals surface area contributed by atoms with Crippen LogP contribution in [0.25, 0.3) is 5.57 Å². The quantitative estimate of drug-likeness (QED) is 0.818. The van der Waals surface area contributed by atoms with Gasteiger partial charge in [-0.3, -0.25) is 14.5 Å². The second kappa shape index (κ2) is 8.44. The van der Waals surface area contributed by atoms with E-state index in [1.165, 1.54) is 17.4 Å². The molecule has 2 aliphatic rings. The zero-order valence-corrected chi connectivity index (χ0v) is 15.9. The maximum absolute atomic E-state index is 12.7. The summed E-state index contributed by atoms with van der Waals surface area (Å²) in [6, 6.07) is 13.8. The van der Waals surface area contributed by atoms with E-state index < -0.39 is 0 Å². The summed E-state index contributed by atoms with van der Waals surface area (Å²) in [7, 11) is 0. The van der Waals surface area contributed by atoms with Gasteiger partial charge in [-0.05, 0) is 29.7 Å². The zero-order valence-electron chi connectivity index (χ0n) is 15.9. The van der Waals surface area contributed by atoms with Crippen molar-refractivity contribution < 1.29 is 14.0 Å².